The maximum Gasteiger partial charge on any atom is 0.324 e. The number of halogens is 1. The van der Waals surface area contributed by atoms with Gasteiger partial charge in [-0.15, -0.1) is 24.0 Å². The van der Waals surface area contributed by atoms with E-state index in [0.717, 1.165) is 11.5 Å². The lowest BCUT2D eigenvalue weighted by Crippen LogP contribution is -2.43. The molecule has 1 saturated heterocycles. The van der Waals surface area contributed by atoms with Crippen LogP contribution in [0.5, 0.6) is 0 Å². The first kappa shape index (κ1) is 20.2. The Labute approximate surface area is 157 Å². The molecule has 10 heteroatoms. The van der Waals surface area contributed by atoms with Gasteiger partial charge in [-0.2, -0.15) is 0 Å². The third-order valence-corrected chi connectivity index (χ3v) is 3.35. The van der Waals surface area contributed by atoms with E-state index in [1.807, 2.05) is 20.8 Å². The van der Waals surface area contributed by atoms with Gasteiger partial charge in [0, 0.05) is 19.6 Å². The van der Waals surface area contributed by atoms with Crippen LogP contribution < -0.4 is 16.0 Å². The molecule has 0 unspecified atom stereocenters. The van der Waals surface area contributed by atoms with Gasteiger partial charge in [-0.3, -0.25) is 9.69 Å². The summed E-state index contributed by atoms with van der Waals surface area (Å²) in [5.74, 6) is 1.69. The van der Waals surface area contributed by atoms with Crippen LogP contribution in [-0.2, 0) is 11.3 Å². The van der Waals surface area contributed by atoms with E-state index < -0.39 is 0 Å². The van der Waals surface area contributed by atoms with Crippen LogP contribution in [0, 0.1) is 13.8 Å². The van der Waals surface area contributed by atoms with E-state index in [1.165, 1.54) is 4.90 Å². The van der Waals surface area contributed by atoms with Gasteiger partial charge in [0.05, 0.1) is 12.2 Å². The summed E-state index contributed by atoms with van der Waals surface area (Å²) in [6.07, 6.45) is 0. The van der Waals surface area contributed by atoms with Crippen LogP contribution in [0.2, 0.25) is 0 Å². The lowest BCUT2D eigenvalue weighted by molar-refractivity contribution is -0.124. The summed E-state index contributed by atoms with van der Waals surface area (Å²) in [7, 11) is 0. The van der Waals surface area contributed by atoms with E-state index in [-0.39, 0.29) is 49.0 Å². The van der Waals surface area contributed by atoms with E-state index >= 15 is 0 Å². The Balaban J connectivity index is 0.00000288. The lowest BCUT2D eigenvalue weighted by Gasteiger charge is -2.15. The molecule has 1 aromatic rings. The summed E-state index contributed by atoms with van der Waals surface area (Å²) in [4.78, 5) is 32.7. The van der Waals surface area contributed by atoms with Crippen LogP contribution in [0.1, 0.15) is 24.3 Å². The molecule has 134 valence electrons. The van der Waals surface area contributed by atoms with Crippen molar-refractivity contribution in [3.8, 4) is 0 Å². The minimum Gasteiger partial charge on any atom is -0.444 e. The summed E-state index contributed by atoms with van der Waals surface area (Å²) >= 11 is 0. The van der Waals surface area contributed by atoms with Crippen molar-refractivity contribution in [1.82, 2.24) is 25.8 Å². The molecule has 3 amide bonds. The Bertz CT molecular complexity index is 580. The molecular weight excluding hydrogens is 427 g/mol. The number of oxazole rings is 1. The number of aromatic nitrogens is 1. The van der Waals surface area contributed by atoms with Crippen molar-refractivity contribution in [2.24, 2.45) is 4.99 Å². The van der Waals surface area contributed by atoms with Crippen LogP contribution in [0.15, 0.2) is 9.41 Å². The number of nitrogens with zero attached hydrogens (tertiary/aromatic N) is 3. The number of nitrogens with one attached hydrogen (secondary N) is 3. The molecule has 1 fully saturated rings. The smallest absolute Gasteiger partial charge is 0.324 e. The molecule has 9 nitrogen and oxygen atoms in total. The third-order valence-electron chi connectivity index (χ3n) is 3.35. The SMILES string of the molecule is CCNC(=NCc1nc(C)c(C)o1)NCCN1C(=O)CNC1=O.I. The topological polar surface area (TPSA) is 112 Å². The Morgan fingerprint density at radius 1 is 1.38 bits per heavy atom. The molecular formula is C14H23IN6O3. The summed E-state index contributed by atoms with van der Waals surface area (Å²) in [5, 5.41) is 8.64. The molecule has 2 heterocycles. The van der Waals surface area contributed by atoms with Crippen LogP contribution in [-0.4, -0.2) is 54.0 Å². The highest BCUT2D eigenvalue weighted by Crippen LogP contribution is 2.08. The summed E-state index contributed by atoms with van der Waals surface area (Å²) in [5.41, 5.74) is 0.853. The first-order valence-corrected chi connectivity index (χ1v) is 7.54. The fourth-order valence-corrected chi connectivity index (χ4v) is 2.06. The van der Waals surface area contributed by atoms with E-state index in [1.54, 1.807) is 0 Å². The molecule has 0 atom stereocenters. The number of carbonyl (C=O) groups is 2. The highest BCUT2D eigenvalue weighted by Gasteiger charge is 2.27. The first-order valence-electron chi connectivity index (χ1n) is 7.54. The zero-order valence-corrected chi connectivity index (χ0v) is 16.3. The maximum absolute atomic E-state index is 11.5. The summed E-state index contributed by atoms with van der Waals surface area (Å²) < 4.78 is 5.48. The van der Waals surface area contributed by atoms with Gasteiger partial charge in [-0.1, -0.05) is 0 Å². The fraction of sp³-hybridized carbons (Fsp3) is 0.571. The number of guanidine groups is 1. The number of aryl methyl sites for hydroxylation is 2. The average molecular weight is 450 g/mol. The Morgan fingerprint density at radius 3 is 2.67 bits per heavy atom. The van der Waals surface area contributed by atoms with Gasteiger partial charge in [0.25, 0.3) is 0 Å². The number of hydrogen-bond acceptors (Lipinski definition) is 5. The van der Waals surface area contributed by atoms with Crippen LogP contribution in [0.25, 0.3) is 0 Å². The molecule has 24 heavy (non-hydrogen) atoms. The molecule has 0 spiro atoms. The van der Waals surface area contributed by atoms with E-state index in [9.17, 15) is 9.59 Å². The number of imide groups is 1. The van der Waals surface area contributed by atoms with Crippen LogP contribution in [0.4, 0.5) is 4.79 Å². The van der Waals surface area contributed by atoms with E-state index in [4.69, 9.17) is 4.42 Å². The normalized spacial score (nSPS) is 14.5. The second-order valence-electron chi connectivity index (χ2n) is 5.08. The first-order chi connectivity index (χ1) is 11.0. The lowest BCUT2D eigenvalue weighted by atomic mass is 10.4. The van der Waals surface area contributed by atoms with E-state index in [0.29, 0.717) is 31.5 Å². The zero-order chi connectivity index (χ0) is 16.8. The highest BCUT2D eigenvalue weighted by atomic mass is 127. The van der Waals surface area contributed by atoms with Crippen molar-refractivity contribution in [2.45, 2.75) is 27.3 Å². The second kappa shape index (κ2) is 9.45. The van der Waals surface area contributed by atoms with Crippen LogP contribution >= 0.6 is 24.0 Å². The number of hydrogen-bond donors (Lipinski definition) is 3. The molecule has 0 bridgehead atoms. The molecule has 3 N–H and O–H groups in total. The summed E-state index contributed by atoms with van der Waals surface area (Å²) in [6, 6.07) is -0.357. The number of amides is 3. The molecule has 1 aliphatic rings. The van der Waals surface area contributed by atoms with Gasteiger partial charge < -0.3 is 20.4 Å². The number of rotatable bonds is 6. The van der Waals surface area contributed by atoms with Gasteiger partial charge in [0.1, 0.15) is 12.3 Å². The predicted molar refractivity (Wildman–Crippen MR) is 99.3 cm³/mol. The molecule has 1 aromatic heterocycles. The zero-order valence-electron chi connectivity index (χ0n) is 14.0. The van der Waals surface area contributed by atoms with Crippen molar-refractivity contribution < 1.29 is 14.0 Å². The largest absolute Gasteiger partial charge is 0.444 e. The minimum absolute atomic E-state index is 0. The van der Waals surface area contributed by atoms with Crippen molar-refractivity contribution in [2.75, 3.05) is 26.2 Å². The van der Waals surface area contributed by atoms with Gasteiger partial charge in [-0.05, 0) is 20.8 Å². The quantitative estimate of drug-likeness (QED) is 0.252. The Kier molecular flexibility index (Phi) is 7.95. The number of aliphatic imine (C=N–C) groups is 1. The highest BCUT2D eigenvalue weighted by molar-refractivity contribution is 14.0. The Hall–Kier alpha value is -1.85. The fourth-order valence-electron chi connectivity index (χ4n) is 2.06. The van der Waals surface area contributed by atoms with Crippen molar-refractivity contribution in [3.05, 3.63) is 17.3 Å². The molecule has 0 aromatic carbocycles. The standard InChI is InChI=1S/C14H22N6O3.HI/c1-4-15-13(17-7-11-19-9(2)10(3)23-11)16-5-6-20-12(21)8-18-14(20)22;/h4-8H2,1-3H3,(H,18,22)(H2,15,16,17);1H. The summed E-state index contributed by atoms with van der Waals surface area (Å²) in [6.45, 7) is 7.46. The number of urea groups is 1. The maximum atomic E-state index is 11.5. The molecule has 0 saturated carbocycles. The van der Waals surface area contributed by atoms with Crippen LogP contribution in [0.3, 0.4) is 0 Å². The third kappa shape index (κ3) is 5.35. The van der Waals surface area contributed by atoms with E-state index in [2.05, 4.69) is 25.9 Å². The number of carbonyl (C=O) groups excluding carboxylic acids is 2. The molecule has 1 aliphatic heterocycles. The Morgan fingerprint density at radius 2 is 2.12 bits per heavy atom. The van der Waals surface area contributed by atoms with Crippen molar-refractivity contribution in [3.63, 3.8) is 0 Å². The van der Waals surface area contributed by atoms with Gasteiger partial charge in [-0.25, -0.2) is 14.8 Å². The monoisotopic (exact) mass is 450 g/mol. The second-order valence-corrected chi connectivity index (χ2v) is 5.08. The van der Waals surface area contributed by atoms with Gasteiger partial charge >= 0.3 is 6.03 Å². The van der Waals surface area contributed by atoms with Crippen molar-refractivity contribution in [1.29, 1.82) is 0 Å². The van der Waals surface area contributed by atoms with Gasteiger partial charge in [0.2, 0.25) is 11.8 Å². The molecule has 2 rings (SSSR count). The average Bonchev–Trinajstić information content (AvgIpc) is 3.00. The van der Waals surface area contributed by atoms with Crippen molar-refractivity contribution >= 4 is 41.9 Å². The predicted octanol–water partition coefficient (Wildman–Crippen LogP) is 0.516. The minimum atomic E-state index is -0.357. The molecule has 0 aliphatic carbocycles. The van der Waals surface area contributed by atoms with Gasteiger partial charge in [0.15, 0.2) is 5.96 Å². The molecule has 0 radical (unpaired) electrons.